The zero-order valence-electron chi connectivity index (χ0n) is 10.4. The zero-order chi connectivity index (χ0) is 15.6. The van der Waals surface area contributed by atoms with E-state index in [-0.39, 0.29) is 19.0 Å². The first-order valence-electron chi connectivity index (χ1n) is 5.74. The Morgan fingerprint density at radius 1 is 1.10 bits per heavy atom. The fourth-order valence-electron chi connectivity index (χ4n) is 1.62. The van der Waals surface area contributed by atoms with Gasteiger partial charge in [0.15, 0.2) is 0 Å². The Morgan fingerprint density at radius 3 is 2.15 bits per heavy atom. The van der Waals surface area contributed by atoms with Gasteiger partial charge in [-0.3, -0.25) is 0 Å². The van der Waals surface area contributed by atoms with Crippen LogP contribution in [0.25, 0.3) is 0 Å². The third-order valence-electron chi connectivity index (χ3n) is 2.61. The highest BCUT2D eigenvalue weighted by molar-refractivity contribution is 5.25. The van der Waals surface area contributed by atoms with Gasteiger partial charge in [0.2, 0.25) is 0 Å². The van der Waals surface area contributed by atoms with Crippen LogP contribution in [0.5, 0.6) is 0 Å². The average molecular weight is 303 g/mol. The fraction of sp³-hybridized carbons (Fsp3) is 0.500. The van der Waals surface area contributed by atoms with Gasteiger partial charge in [-0.25, -0.2) is 8.78 Å². The van der Waals surface area contributed by atoms with Gasteiger partial charge in [0.1, 0.15) is 17.7 Å². The largest absolute Gasteiger partial charge is 0.455 e. The summed E-state index contributed by atoms with van der Waals surface area (Å²) in [6, 6.07) is -1.13. The van der Waals surface area contributed by atoms with E-state index in [2.05, 4.69) is 0 Å². The molecule has 0 saturated carbocycles. The summed E-state index contributed by atoms with van der Waals surface area (Å²) in [7, 11) is 0. The van der Waals surface area contributed by atoms with Crippen LogP contribution in [-0.4, -0.2) is 18.6 Å². The quantitative estimate of drug-likeness (QED) is 0.804. The van der Waals surface area contributed by atoms with Crippen molar-refractivity contribution in [3.63, 3.8) is 0 Å². The van der Waals surface area contributed by atoms with Crippen LogP contribution in [-0.2, 0) is 0 Å². The number of hydrogen-bond donors (Lipinski definition) is 1. The lowest BCUT2D eigenvalue weighted by Gasteiger charge is -2.30. The average Bonchev–Trinajstić information content (AvgIpc) is 2.30. The molecule has 1 aromatic carbocycles. The van der Waals surface area contributed by atoms with Crippen molar-refractivity contribution in [1.29, 1.82) is 0 Å². The van der Waals surface area contributed by atoms with Crippen LogP contribution in [0, 0.1) is 11.6 Å². The molecule has 0 aliphatic carbocycles. The van der Waals surface area contributed by atoms with Crippen LogP contribution >= 0.6 is 0 Å². The first kappa shape index (κ1) is 16.7. The van der Waals surface area contributed by atoms with Crippen molar-refractivity contribution in [3.05, 3.63) is 35.4 Å². The van der Waals surface area contributed by atoms with Crippen LogP contribution in [0.4, 0.5) is 30.7 Å². The van der Waals surface area contributed by atoms with Gasteiger partial charge in [-0.15, -0.1) is 0 Å². The molecule has 8 heteroatoms. The molecular formula is C12H12F7N. The molecule has 0 saturated heterocycles. The van der Waals surface area contributed by atoms with E-state index in [0.717, 1.165) is 0 Å². The van der Waals surface area contributed by atoms with Crippen LogP contribution in [0.1, 0.15) is 24.9 Å². The molecule has 1 unspecified atom stereocenters. The first-order chi connectivity index (χ1) is 9.11. The third kappa shape index (κ3) is 3.41. The van der Waals surface area contributed by atoms with Crippen molar-refractivity contribution in [2.45, 2.75) is 31.5 Å². The molecule has 0 aliphatic heterocycles. The Labute approximate surface area is 110 Å². The maximum atomic E-state index is 13.5. The van der Waals surface area contributed by atoms with Crippen molar-refractivity contribution in [2.75, 3.05) is 6.54 Å². The number of nitrogens with one attached hydrogen (secondary N) is 1. The van der Waals surface area contributed by atoms with E-state index in [1.807, 2.05) is 5.32 Å². The first-order valence-corrected chi connectivity index (χ1v) is 5.74. The molecule has 114 valence electrons. The van der Waals surface area contributed by atoms with Crippen molar-refractivity contribution in [1.82, 2.24) is 5.32 Å². The van der Waals surface area contributed by atoms with Crippen LogP contribution < -0.4 is 5.32 Å². The molecule has 0 amide bonds. The molecule has 1 atom stereocenters. The second-order valence-electron chi connectivity index (χ2n) is 4.17. The fourth-order valence-corrected chi connectivity index (χ4v) is 1.62. The van der Waals surface area contributed by atoms with E-state index in [0.29, 0.717) is 12.1 Å². The monoisotopic (exact) mass is 303 g/mol. The lowest BCUT2D eigenvalue weighted by Crippen LogP contribution is -2.48. The summed E-state index contributed by atoms with van der Waals surface area (Å²) < 4.78 is 90.3. The third-order valence-corrected chi connectivity index (χ3v) is 2.61. The van der Waals surface area contributed by atoms with Gasteiger partial charge in [-0.2, -0.15) is 22.0 Å². The van der Waals surface area contributed by atoms with Crippen LogP contribution in [0.2, 0.25) is 0 Å². The van der Waals surface area contributed by atoms with Gasteiger partial charge in [0.05, 0.1) is 0 Å². The zero-order valence-corrected chi connectivity index (χ0v) is 10.4. The smallest absolute Gasteiger partial charge is 0.305 e. The minimum atomic E-state index is -5.85. The van der Waals surface area contributed by atoms with E-state index in [4.69, 9.17) is 0 Å². The molecule has 0 fully saturated rings. The van der Waals surface area contributed by atoms with Gasteiger partial charge in [-0.05, 0) is 19.0 Å². The minimum absolute atomic E-state index is 0.173. The van der Waals surface area contributed by atoms with Crippen molar-refractivity contribution >= 4 is 0 Å². The number of hydrogen-bond acceptors (Lipinski definition) is 1. The van der Waals surface area contributed by atoms with Gasteiger partial charge < -0.3 is 5.32 Å². The van der Waals surface area contributed by atoms with Crippen molar-refractivity contribution in [2.24, 2.45) is 0 Å². The maximum absolute atomic E-state index is 13.5. The highest BCUT2D eigenvalue weighted by Crippen LogP contribution is 2.45. The Balaban J connectivity index is 3.25. The van der Waals surface area contributed by atoms with Gasteiger partial charge in [0.25, 0.3) is 0 Å². The molecule has 1 rings (SSSR count). The predicted molar refractivity (Wildman–Crippen MR) is 58.4 cm³/mol. The molecule has 1 nitrogen and oxygen atoms in total. The Morgan fingerprint density at radius 2 is 1.70 bits per heavy atom. The highest BCUT2D eigenvalue weighted by Gasteiger charge is 2.63. The Kier molecular flexibility index (Phi) is 5.01. The lowest BCUT2D eigenvalue weighted by molar-refractivity contribution is -0.294. The van der Waals surface area contributed by atoms with Crippen molar-refractivity contribution in [3.8, 4) is 0 Å². The number of alkyl halides is 5. The Hall–Kier alpha value is -1.31. The summed E-state index contributed by atoms with van der Waals surface area (Å²) in [5.41, 5.74) is -0.929. The molecule has 1 N–H and O–H groups in total. The molecular weight excluding hydrogens is 291 g/mol. The Bertz CT molecular complexity index is 456. The summed E-state index contributed by atoms with van der Waals surface area (Å²) in [6.07, 6.45) is -5.58. The van der Waals surface area contributed by atoms with Crippen molar-refractivity contribution < 1.29 is 30.7 Å². The maximum Gasteiger partial charge on any atom is 0.455 e. The lowest BCUT2D eigenvalue weighted by atomic mass is 9.99. The second kappa shape index (κ2) is 5.99. The summed E-state index contributed by atoms with van der Waals surface area (Å²) in [6.45, 7) is 1.38. The van der Waals surface area contributed by atoms with Crippen LogP contribution in [0.15, 0.2) is 18.2 Å². The normalized spacial score (nSPS) is 14.4. The highest BCUT2D eigenvalue weighted by atomic mass is 19.4. The molecule has 0 bridgehead atoms. The summed E-state index contributed by atoms with van der Waals surface area (Å²) in [4.78, 5) is 0. The van der Waals surface area contributed by atoms with E-state index >= 15 is 0 Å². The standard InChI is InChI=1S/C12H12F7N/c1-2-5-20-10(11(15,16)12(17,18)19)8-4-3-7(13)6-9(8)14/h3-4,6,10,20H,2,5H2,1H3. The predicted octanol–water partition coefficient (Wildman–Crippen LogP) is 4.20. The SMILES string of the molecule is CCCNC(c1ccc(F)cc1F)C(F)(F)C(F)(F)F. The second-order valence-corrected chi connectivity index (χ2v) is 4.17. The molecule has 0 aromatic heterocycles. The number of benzene rings is 1. The molecule has 0 spiro atoms. The molecule has 0 radical (unpaired) electrons. The van der Waals surface area contributed by atoms with E-state index in [9.17, 15) is 30.7 Å². The summed E-state index contributed by atoms with van der Waals surface area (Å²) in [5.74, 6) is -7.70. The summed E-state index contributed by atoms with van der Waals surface area (Å²) >= 11 is 0. The molecule has 20 heavy (non-hydrogen) atoms. The molecule has 1 aromatic rings. The summed E-state index contributed by atoms with van der Waals surface area (Å²) in [5, 5.41) is 1.96. The minimum Gasteiger partial charge on any atom is -0.305 e. The topological polar surface area (TPSA) is 12.0 Å². The number of halogens is 7. The van der Waals surface area contributed by atoms with Gasteiger partial charge >= 0.3 is 12.1 Å². The number of rotatable bonds is 5. The van der Waals surface area contributed by atoms with E-state index < -0.39 is 35.3 Å². The van der Waals surface area contributed by atoms with Crippen LogP contribution in [0.3, 0.4) is 0 Å². The molecule has 0 aliphatic rings. The van der Waals surface area contributed by atoms with Gasteiger partial charge in [-0.1, -0.05) is 13.0 Å². The van der Waals surface area contributed by atoms with E-state index in [1.165, 1.54) is 0 Å². The van der Waals surface area contributed by atoms with E-state index in [1.54, 1.807) is 6.92 Å². The van der Waals surface area contributed by atoms with Gasteiger partial charge in [0, 0.05) is 11.6 Å². The molecule has 0 heterocycles.